The van der Waals surface area contributed by atoms with Crippen LogP contribution in [0.15, 0.2) is 24.3 Å². The first kappa shape index (κ1) is 59.5. The van der Waals surface area contributed by atoms with E-state index in [0.29, 0.717) is 6.61 Å². The van der Waals surface area contributed by atoms with E-state index >= 15 is 0 Å². The van der Waals surface area contributed by atoms with Gasteiger partial charge in [0.25, 0.3) is 0 Å². The van der Waals surface area contributed by atoms with Crippen LogP contribution in [0.1, 0.15) is 245 Å². The molecule has 0 aliphatic rings. The molecule has 0 amide bonds. The van der Waals surface area contributed by atoms with Crippen LogP contribution in [0, 0.1) is 0 Å². The zero-order chi connectivity index (χ0) is 44.8. The highest BCUT2D eigenvalue weighted by Crippen LogP contribution is 2.43. The summed E-state index contributed by atoms with van der Waals surface area (Å²) in [5, 5.41) is 8.92. The number of nitrogens with two attached hydrogens (primary N) is 1. The Morgan fingerprint density at radius 2 is 0.902 bits per heavy atom. The summed E-state index contributed by atoms with van der Waals surface area (Å²) in [4.78, 5) is 33.7. The van der Waals surface area contributed by atoms with E-state index < -0.39 is 45.1 Å². The zero-order valence-electron chi connectivity index (χ0n) is 39.5. The van der Waals surface area contributed by atoms with Crippen molar-refractivity contribution in [1.82, 2.24) is 0 Å². The normalized spacial score (nSPS) is 13.9. The number of allylic oxidation sites excluding steroid dienone is 4. The number of carbonyl (C=O) groups is 2. The van der Waals surface area contributed by atoms with Crippen LogP contribution >= 0.6 is 7.82 Å². The Morgan fingerprint density at radius 3 is 1.36 bits per heavy atom. The van der Waals surface area contributed by atoms with E-state index in [1.165, 1.54) is 173 Å². The topological polar surface area (TPSA) is 155 Å². The van der Waals surface area contributed by atoms with Crippen LogP contribution in [0.3, 0.4) is 0 Å². The third-order valence-corrected chi connectivity index (χ3v) is 12.2. The lowest BCUT2D eigenvalue weighted by Crippen LogP contribution is -2.34. The summed E-state index contributed by atoms with van der Waals surface area (Å²) in [7, 11) is -4.62. The minimum Gasteiger partial charge on any atom is -0.480 e. The summed E-state index contributed by atoms with van der Waals surface area (Å²) < 4.78 is 33.5. The van der Waals surface area contributed by atoms with Crippen molar-refractivity contribution in [3.05, 3.63) is 24.3 Å². The minimum atomic E-state index is -4.62. The predicted molar refractivity (Wildman–Crippen MR) is 254 cm³/mol. The van der Waals surface area contributed by atoms with Crippen molar-refractivity contribution in [3.63, 3.8) is 0 Å². The lowest BCUT2D eigenvalue weighted by atomic mass is 10.0. The van der Waals surface area contributed by atoms with Gasteiger partial charge in [-0.1, -0.05) is 218 Å². The molecule has 4 N–H and O–H groups in total. The van der Waals surface area contributed by atoms with Gasteiger partial charge in [0.15, 0.2) is 0 Å². The molecule has 360 valence electrons. The summed E-state index contributed by atoms with van der Waals surface area (Å²) in [6.07, 6.45) is 52.3. The third-order valence-electron chi connectivity index (χ3n) is 11.2. The maximum Gasteiger partial charge on any atom is 0.472 e. The number of carboxylic acid groups (broad SMARTS) is 1. The van der Waals surface area contributed by atoms with E-state index in [9.17, 15) is 19.0 Å². The molecule has 0 rings (SSSR count). The zero-order valence-corrected chi connectivity index (χ0v) is 40.4. The second-order valence-corrected chi connectivity index (χ2v) is 18.8. The van der Waals surface area contributed by atoms with Gasteiger partial charge < -0.3 is 25.2 Å². The summed E-state index contributed by atoms with van der Waals surface area (Å²) in [6.45, 7) is 3.89. The molecule has 3 atom stereocenters. The SMILES string of the molecule is CCCCC/C=C\C/C=C\CCCCCCCCCCOCC(COP(=O)(O)OCC(N)C(=O)O)OC(=O)CCCCCCCCCCCCCCCCCCCCCCC. The van der Waals surface area contributed by atoms with Crippen LogP contribution in [-0.2, 0) is 32.7 Å². The molecule has 0 aromatic carbocycles. The van der Waals surface area contributed by atoms with Crippen molar-refractivity contribution < 1.29 is 42.7 Å². The summed E-state index contributed by atoms with van der Waals surface area (Å²) in [5.41, 5.74) is 5.37. The van der Waals surface area contributed by atoms with E-state index in [4.69, 9.17) is 29.4 Å². The number of ether oxygens (including phenoxy) is 2. The second kappa shape index (κ2) is 46.4. The van der Waals surface area contributed by atoms with Gasteiger partial charge in [-0.15, -0.1) is 0 Å². The number of aliphatic carboxylic acids is 1. The maximum atomic E-state index is 12.7. The monoisotopic (exact) mass is 886 g/mol. The Morgan fingerprint density at radius 1 is 0.525 bits per heavy atom. The first-order valence-electron chi connectivity index (χ1n) is 25.4. The van der Waals surface area contributed by atoms with Crippen LogP contribution in [0.25, 0.3) is 0 Å². The molecule has 61 heavy (non-hydrogen) atoms. The summed E-state index contributed by atoms with van der Waals surface area (Å²) in [6, 6.07) is -1.47. The van der Waals surface area contributed by atoms with Gasteiger partial charge in [0, 0.05) is 13.0 Å². The van der Waals surface area contributed by atoms with Crippen molar-refractivity contribution in [2.45, 2.75) is 257 Å². The van der Waals surface area contributed by atoms with Crippen molar-refractivity contribution >= 4 is 19.8 Å². The lowest BCUT2D eigenvalue weighted by molar-refractivity contribution is -0.154. The van der Waals surface area contributed by atoms with E-state index in [1.54, 1.807) is 0 Å². The molecule has 0 bridgehead atoms. The molecule has 0 saturated carbocycles. The molecular formula is C50H96NO9P. The Labute approximate surface area is 374 Å². The molecule has 0 saturated heterocycles. The number of carbonyl (C=O) groups excluding carboxylic acids is 1. The van der Waals surface area contributed by atoms with Gasteiger partial charge in [-0.05, 0) is 44.9 Å². The average Bonchev–Trinajstić information content (AvgIpc) is 3.24. The van der Waals surface area contributed by atoms with Gasteiger partial charge in [0.2, 0.25) is 0 Å². The number of phosphoric ester groups is 1. The fourth-order valence-corrected chi connectivity index (χ4v) is 8.06. The van der Waals surface area contributed by atoms with Crippen LogP contribution in [-0.4, -0.2) is 60.5 Å². The van der Waals surface area contributed by atoms with E-state index in [-0.39, 0.29) is 13.0 Å². The largest absolute Gasteiger partial charge is 0.480 e. The Balaban J connectivity index is 4.12. The molecule has 0 spiro atoms. The number of carboxylic acids is 1. The van der Waals surface area contributed by atoms with Crippen molar-refractivity contribution in [2.24, 2.45) is 5.73 Å². The molecule has 0 aromatic rings. The molecule has 0 heterocycles. The van der Waals surface area contributed by atoms with Gasteiger partial charge in [-0.25, -0.2) is 4.57 Å². The molecule has 0 aromatic heterocycles. The van der Waals surface area contributed by atoms with Crippen LogP contribution in [0.5, 0.6) is 0 Å². The minimum absolute atomic E-state index is 0.0172. The fourth-order valence-electron chi connectivity index (χ4n) is 7.28. The molecule has 11 heteroatoms. The van der Waals surface area contributed by atoms with Crippen LogP contribution in [0.2, 0.25) is 0 Å². The maximum absolute atomic E-state index is 12.7. The van der Waals surface area contributed by atoms with Gasteiger partial charge in [-0.2, -0.15) is 0 Å². The Kier molecular flexibility index (Phi) is 45.3. The van der Waals surface area contributed by atoms with Crippen molar-refractivity contribution in [3.8, 4) is 0 Å². The number of hydrogen-bond acceptors (Lipinski definition) is 8. The molecule has 0 aliphatic heterocycles. The highest BCUT2D eigenvalue weighted by atomic mass is 31.2. The van der Waals surface area contributed by atoms with Gasteiger partial charge >= 0.3 is 19.8 Å². The standard InChI is InChI=1S/C50H96NO9P/c1-3-5-7-9-11-13-15-17-19-21-23-24-25-26-28-30-32-34-36-38-40-42-49(52)60-47(45-58-61(55,56)59-46-48(51)50(53)54)44-57-43-41-39-37-35-33-31-29-27-22-20-18-16-14-12-10-8-6-4-2/h12,14,18,20,47-48H,3-11,13,15-17,19,21-46,51H2,1-2H3,(H,53,54)(H,55,56)/b14-12-,20-18-. The van der Waals surface area contributed by atoms with E-state index in [0.717, 1.165) is 51.4 Å². The molecule has 3 unspecified atom stereocenters. The summed E-state index contributed by atoms with van der Waals surface area (Å²) in [5.74, 6) is -1.77. The second-order valence-electron chi connectivity index (χ2n) is 17.3. The van der Waals surface area contributed by atoms with Gasteiger partial charge in [0.1, 0.15) is 12.1 Å². The molecular weight excluding hydrogens is 790 g/mol. The van der Waals surface area contributed by atoms with Crippen molar-refractivity contribution in [1.29, 1.82) is 0 Å². The van der Waals surface area contributed by atoms with Crippen molar-refractivity contribution in [2.75, 3.05) is 26.4 Å². The molecule has 0 radical (unpaired) electrons. The number of esters is 1. The Bertz CT molecular complexity index is 1070. The molecule has 0 fully saturated rings. The number of rotatable bonds is 49. The fraction of sp³-hybridized carbons (Fsp3) is 0.880. The molecule has 10 nitrogen and oxygen atoms in total. The quantitative estimate of drug-likeness (QED) is 0.0233. The first-order chi connectivity index (χ1) is 29.7. The number of unbranched alkanes of at least 4 members (excludes halogenated alkanes) is 31. The lowest BCUT2D eigenvalue weighted by Gasteiger charge is -2.20. The highest BCUT2D eigenvalue weighted by molar-refractivity contribution is 7.47. The molecule has 0 aliphatic carbocycles. The smallest absolute Gasteiger partial charge is 0.472 e. The summed E-state index contributed by atoms with van der Waals surface area (Å²) >= 11 is 0. The van der Waals surface area contributed by atoms with E-state index in [2.05, 4.69) is 38.2 Å². The number of phosphoric acid groups is 1. The average molecular weight is 886 g/mol. The Hall–Kier alpha value is -1.55. The highest BCUT2D eigenvalue weighted by Gasteiger charge is 2.27. The first-order valence-corrected chi connectivity index (χ1v) is 26.9. The number of hydrogen-bond donors (Lipinski definition) is 3. The van der Waals surface area contributed by atoms with Gasteiger partial charge in [-0.3, -0.25) is 18.6 Å². The van der Waals surface area contributed by atoms with E-state index in [1.807, 2.05) is 0 Å². The van der Waals surface area contributed by atoms with Crippen LogP contribution in [0.4, 0.5) is 0 Å². The predicted octanol–water partition coefficient (Wildman–Crippen LogP) is 14.7. The van der Waals surface area contributed by atoms with Gasteiger partial charge in [0.05, 0.1) is 19.8 Å². The van der Waals surface area contributed by atoms with Crippen LogP contribution < -0.4 is 5.73 Å². The third kappa shape index (κ3) is 46.3.